The van der Waals surface area contributed by atoms with Crippen LogP contribution in [0, 0.1) is 12.7 Å². The third kappa shape index (κ3) is 4.40. The number of hydrogen-bond donors (Lipinski definition) is 1. The van der Waals surface area contributed by atoms with Crippen molar-refractivity contribution < 1.29 is 13.9 Å². The minimum absolute atomic E-state index is 0.0976. The van der Waals surface area contributed by atoms with Crippen LogP contribution in [0.1, 0.15) is 15.9 Å². The van der Waals surface area contributed by atoms with Gasteiger partial charge in [-0.1, -0.05) is 18.2 Å². The zero-order valence-electron chi connectivity index (χ0n) is 18.7. The Morgan fingerprint density at radius 3 is 2.56 bits per heavy atom. The first-order valence-corrected chi connectivity index (χ1v) is 11.1. The van der Waals surface area contributed by atoms with Gasteiger partial charge in [-0.15, -0.1) is 0 Å². The van der Waals surface area contributed by atoms with Crippen LogP contribution in [-0.4, -0.2) is 51.9 Å². The van der Waals surface area contributed by atoms with Gasteiger partial charge < -0.3 is 15.0 Å². The fourth-order valence-corrected chi connectivity index (χ4v) is 3.95. The molecule has 0 atom stereocenters. The molecule has 1 aliphatic heterocycles. The number of aromatic nitrogens is 3. The largest absolute Gasteiger partial charge is 0.378 e. The molecule has 1 saturated heterocycles. The minimum Gasteiger partial charge on any atom is -0.378 e. The molecule has 1 aliphatic rings. The number of nitrogens with one attached hydrogen (secondary N) is 1. The topological polar surface area (TPSA) is 72.3 Å². The summed E-state index contributed by atoms with van der Waals surface area (Å²) < 4.78 is 20.6. The number of nitrogens with zero attached hydrogens (tertiary/aromatic N) is 4. The standard InChI is InChI=1S/C26H24FN5O2/c1-18-5-2-3-7-23(18)32-24(17-22(30-32)19-8-10-20(27)11-9-19)29-25-21(6-4-12-28-25)26(33)31-13-15-34-16-14-31/h2-12,17H,13-16H2,1H3,(H,28,29). The highest BCUT2D eigenvalue weighted by Gasteiger charge is 2.23. The van der Waals surface area contributed by atoms with Gasteiger partial charge in [-0.05, 0) is 55.0 Å². The molecule has 4 aromatic rings. The molecule has 0 unspecified atom stereocenters. The summed E-state index contributed by atoms with van der Waals surface area (Å²) in [5, 5.41) is 8.12. The second-order valence-corrected chi connectivity index (χ2v) is 8.05. The first kappa shape index (κ1) is 21.8. The lowest BCUT2D eigenvalue weighted by Crippen LogP contribution is -2.41. The van der Waals surface area contributed by atoms with Gasteiger partial charge in [0.1, 0.15) is 17.5 Å². The van der Waals surface area contributed by atoms with E-state index in [1.54, 1.807) is 40.0 Å². The van der Waals surface area contributed by atoms with Crippen molar-refractivity contribution in [3.05, 3.63) is 89.9 Å². The lowest BCUT2D eigenvalue weighted by Gasteiger charge is -2.27. The number of carbonyl (C=O) groups is 1. The van der Waals surface area contributed by atoms with Gasteiger partial charge in [-0.2, -0.15) is 5.10 Å². The highest BCUT2D eigenvalue weighted by Crippen LogP contribution is 2.29. The Hall–Kier alpha value is -4.04. The predicted octanol–water partition coefficient (Wildman–Crippen LogP) is 4.60. The molecular weight excluding hydrogens is 433 g/mol. The van der Waals surface area contributed by atoms with E-state index in [-0.39, 0.29) is 11.7 Å². The molecule has 8 heteroatoms. The number of benzene rings is 2. The number of anilines is 2. The molecule has 7 nitrogen and oxygen atoms in total. The molecule has 1 fully saturated rings. The lowest BCUT2D eigenvalue weighted by atomic mass is 10.1. The van der Waals surface area contributed by atoms with Crippen LogP contribution in [0.15, 0.2) is 72.9 Å². The van der Waals surface area contributed by atoms with Crippen molar-refractivity contribution >= 4 is 17.5 Å². The maximum absolute atomic E-state index is 13.5. The van der Waals surface area contributed by atoms with E-state index in [9.17, 15) is 9.18 Å². The first-order valence-electron chi connectivity index (χ1n) is 11.1. The average Bonchev–Trinajstić information content (AvgIpc) is 3.28. The Morgan fingerprint density at radius 1 is 1.03 bits per heavy atom. The summed E-state index contributed by atoms with van der Waals surface area (Å²) in [7, 11) is 0. The molecule has 0 aliphatic carbocycles. The molecule has 0 spiro atoms. The molecule has 2 aromatic carbocycles. The summed E-state index contributed by atoms with van der Waals surface area (Å²) in [5.74, 6) is 0.683. The average molecular weight is 458 g/mol. The van der Waals surface area contributed by atoms with Crippen LogP contribution in [0.4, 0.5) is 16.0 Å². The zero-order valence-corrected chi connectivity index (χ0v) is 18.7. The van der Waals surface area contributed by atoms with E-state index in [1.165, 1.54) is 12.1 Å². The summed E-state index contributed by atoms with van der Waals surface area (Å²) in [6.45, 7) is 4.14. The van der Waals surface area contributed by atoms with Crippen molar-refractivity contribution in [2.24, 2.45) is 0 Å². The number of morpholine rings is 1. The molecule has 34 heavy (non-hydrogen) atoms. The van der Waals surface area contributed by atoms with E-state index >= 15 is 0 Å². The molecule has 5 rings (SSSR count). The molecule has 172 valence electrons. The van der Waals surface area contributed by atoms with Crippen LogP contribution in [0.5, 0.6) is 0 Å². The Balaban J connectivity index is 1.56. The van der Waals surface area contributed by atoms with Gasteiger partial charge >= 0.3 is 0 Å². The second-order valence-electron chi connectivity index (χ2n) is 8.05. The second kappa shape index (κ2) is 9.44. The van der Waals surface area contributed by atoms with Crippen molar-refractivity contribution in [2.75, 3.05) is 31.6 Å². The molecule has 2 aromatic heterocycles. The Labute approximate surface area is 196 Å². The predicted molar refractivity (Wildman–Crippen MR) is 128 cm³/mol. The maximum Gasteiger partial charge on any atom is 0.257 e. The van der Waals surface area contributed by atoms with Gasteiger partial charge in [0.25, 0.3) is 5.91 Å². The SMILES string of the molecule is Cc1ccccc1-n1nc(-c2ccc(F)cc2)cc1Nc1ncccc1C(=O)N1CCOCC1. The van der Waals surface area contributed by atoms with Crippen LogP contribution in [0.25, 0.3) is 16.9 Å². The van der Waals surface area contributed by atoms with E-state index in [2.05, 4.69) is 10.3 Å². The lowest BCUT2D eigenvalue weighted by molar-refractivity contribution is 0.0303. The smallest absolute Gasteiger partial charge is 0.257 e. The molecule has 0 bridgehead atoms. The number of aryl methyl sites for hydroxylation is 1. The molecular formula is C26H24FN5O2. The van der Waals surface area contributed by atoms with Crippen LogP contribution in [-0.2, 0) is 4.74 Å². The van der Waals surface area contributed by atoms with Crippen molar-refractivity contribution in [1.29, 1.82) is 0 Å². The number of carbonyl (C=O) groups excluding carboxylic acids is 1. The van der Waals surface area contributed by atoms with Gasteiger partial charge in [-0.25, -0.2) is 14.1 Å². The van der Waals surface area contributed by atoms with Crippen molar-refractivity contribution in [3.8, 4) is 16.9 Å². The fraction of sp³-hybridized carbons (Fsp3) is 0.192. The summed E-state index contributed by atoms with van der Waals surface area (Å²) in [5.41, 5.74) is 3.84. The monoisotopic (exact) mass is 457 g/mol. The molecule has 1 amide bonds. The zero-order chi connectivity index (χ0) is 23.5. The number of para-hydroxylation sites is 1. The number of ether oxygens (including phenoxy) is 1. The minimum atomic E-state index is -0.305. The molecule has 3 heterocycles. The van der Waals surface area contributed by atoms with Crippen molar-refractivity contribution in [3.63, 3.8) is 0 Å². The highest BCUT2D eigenvalue weighted by molar-refractivity contribution is 5.99. The number of halogens is 1. The highest BCUT2D eigenvalue weighted by atomic mass is 19.1. The Morgan fingerprint density at radius 2 is 1.79 bits per heavy atom. The van der Waals surface area contributed by atoms with E-state index in [0.29, 0.717) is 49.2 Å². The van der Waals surface area contributed by atoms with Crippen LogP contribution in [0.2, 0.25) is 0 Å². The van der Waals surface area contributed by atoms with E-state index in [0.717, 1.165) is 16.8 Å². The number of pyridine rings is 1. The number of rotatable bonds is 5. The quantitative estimate of drug-likeness (QED) is 0.474. The fourth-order valence-electron chi connectivity index (χ4n) is 3.95. The normalized spacial score (nSPS) is 13.6. The Bertz CT molecular complexity index is 1310. The summed E-state index contributed by atoms with van der Waals surface area (Å²) in [6, 6.07) is 19.5. The third-order valence-electron chi connectivity index (χ3n) is 5.78. The van der Waals surface area contributed by atoms with E-state index in [1.807, 2.05) is 37.3 Å². The van der Waals surface area contributed by atoms with Gasteiger partial charge in [-0.3, -0.25) is 4.79 Å². The number of amides is 1. The molecule has 0 saturated carbocycles. The van der Waals surface area contributed by atoms with Gasteiger partial charge in [0.2, 0.25) is 0 Å². The summed E-state index contributed by atoms with van der Waals surface area (Å²) in [4.78, 5) is 19.4. The van der Waals surface area contributed by atoms with Crippen molar-refractivity contribution in [2.45, 2.75) is 6.92 Å². The van der Waals surface area contributed by atoms with Crippen LogP contribution in [0.3, 0.4) is 0 Å². The maximum atomic E-state index is 13.5. The molecule has 0 radical (unpaired) electrons. The van der Waals surface area contributed by atoms with Gasteiger partial charge in [0, 0.05) is 30.9 Å². The van der Waals surface area contributed by atoms with Crippen molar-refractivity contribution in [1.82, 2.24) is 19.7 Å². The Kier molecular flexibility index (Phi) is 6.05. The summed E-state index contributed by atoms with van der Waals surface area (Å²) in [6.07, 6.45) is 1.65. The van der Waals surface area contributed by atoms with Crippen LogP contribution < -0.4 is 5.32 Å². The summed E-state index contributed by atoms with van der Waals surface area (Å²) >= 11 is 0. The van der Waals surface area contributed by atoms with E-state index in [4.69, 9.17) is 9.84 Å². The number of hydrogen-bond acceptors (Lipinski definition) is 5. The molecule has 1 N–H and O–H groups in total. The third-order valence-corrected chi connectivity index (χ3v) is 5.78. The van der Waals surface area contributed by atoms with E-state index < -0.39 is 0 Å². The van der Waals surface area contributed by atoms with Gasteiger partial charge in [0.05, 0.1) is 30.2 Å². The first-order chi connectivity index (χ1) is 16.6. The van der Waals surface area contributed by atoms with Crippen LogP contribution >= 0.6 is 0 Å². The van der Waals surface area contributed by atoms with Gasteiger partial charge in [0.15, 0.2) is 0 Å².